The van der Waals surface area contributed by atoms with Crippen molar-refractivity contribution in [3.05, 3.63) is 59.7 Å². The second-order valence-electron chi connectivity index (χ2n) is 9.00. The lowest BCUT2D eigenvalue weighted by Crippen LogP contribution is -2.46. The molecule has 0 spiro atoms. The molecule has 4 rings (SSSR count). The van der Waals surface area contributed by atoms with Crippen LogP contribution >= 0.6 is 0 Å². The molecule has 0 aromatic carbocycles. The third-order valence-corrected chi connectivity index (χ3v) is 7.20. The molecule has 33 heavy (non-hydrogen) atoms. The molecule has 0 saturated carbocycles. The average Bonchev–Trinajstić information content (AvgIpc) is 2.90. The minimum atomic E-state index is -0.00674. The topological polar surface area (TPSA) is 69.6 Å². The molecule has 4 heterocycles. The zero-order chi connectivity index (χ0) is 23.2. The van der Waals surface area contributed by atoms with E-state index in [1.54, 1.807) is 18.5 Å². The monoisotopic (exact) mass is 449 g/mol. The Balaban J connectivity index is 1.29. The molecule has 176 valence electrons. The molecule has 0 atom stereocenters. The average molecular weight is 450 g/mol. The van der Waals surface area contributed by atoms with Gasteiger partial charge in [-0.15, -0.1) is 0 Å². The van der Waals surface area contributed by atoms with Gasteiger partial charge >= 0.3 is 0 Å². The predicted octanol–water partition coefficient (Wildman–Crippen LogP) is 3.44. The van der Waals surface area contributed by atoms with E-state index in [1.807, 2.05) is 34.1 Å². The van der Waals surface area contributed by atoms with Gasteiger partial charge < -0.3 is 14.7 Å². The van der Waals surface area contributed by atoms with Crippen LogP contribution in [0.3, 0.4) is 0 Å². The van der Waals surface area contributed by atoms with Gasteiger partial charge in [-0.1, -0.05) is 19.9 Å². The standard InChI is InChI=1S/C26H35N5O2/c1-3-29(4-2)22-12-17-30(18-13-22)25(32)21-8-9-23(28-19-21)20-10-15-31(16-11-20)26(33)24-7-5-6-14-27-24/h5-9,14,19-20,22H,3-4,10-13,15-18H2,1-2H3. The third kappa shape index (κ3) is 5.41. The van der Waals surface area contributed by atoms with Crippen LogP contribution in [0.4, 0.5) is 0 Å². The smallest absolute Gasteiger partial charge is 0.272 e. The summed E-state index contributed by atoms with van der Waals surface area (Å²) in [6.45, 7) is 9.56. The Bertz CT molecular complexity index is 913. The zero-order valence-electron chi connectivity index (χ0n) is 19.8. The van der Waals surface area contributed by atoms with Gasteiger partial charge in [-0.25, -0.2) is 0 Å². The first-order chi connectivity index (χ1) is 16.1. The van der Waals surface area contributed by atoms with Crippen LogP contribution in [0, 0.1) is 0 Å². The van der Waals surface area contributed by atoms with Gasteiger partial charge in [0.1, 0.15) is 5.69 Å². The Labute approximate surface area is 196 Å². The minimum absolute atomic E-state index is 0.00674. The Kier molecular flexibility index (Phi) is 7.70. The van der Waals surface area contributed by atoms with Gasteiger partial charge in [-0.05, 0) is 63.0 Å². The number of likely N-dealkylation sites (tertiary alicyclic amines) is 2. The van der Waals surface area contributed by atoms with Crippen LogP contribution in [0.15, 0.2) is 42.7 Å². The van der Waals surface area contributed by atoms with E-state index in [1.165, 1.54) is 0 Å². The lowest BCUT2D eigenvalue weighted by atomic mass is 9.92. The van der Waals surface area contributed by atoms with Crippen molar-refractivity contribution in [2.24, 2.45) is 0 Å². The molecule has 0 radical (unpaired) electrons. The fourth-order valence-electron chi connectivity index (χ4n) is 5.16. The second-order valence-corrected chi connectivity index (χ2v) is 9.00. The van der Waals surface area contributed by atoms with Crippen molar-refractivity contribution in [2.45, 2.75) is 51.5 Å². The van der Waals surface area contributed by atoms with Crippen LogP contribution in [-0.2, 0) is 0 Å². The molecule has 2 amide bonds. The molecular formula is C26H35N5O2. The van der Waals surface area contributed by atoms with Crippen LogP contribution in [0.1, 0.15) is 72.0 Å². The molecule has 0 unspecified atom stereocenters. The van der Waals surface area contributed by atoms with Crippen molar-refractivity contribution in [1.82, 2.24) is 24.7 Å². The molecule has 7 heteroatoms. The molecule has 2 aliphatic heterocycles. The van der Waals surface area contributed by atoms with Gasteiger partial charge in [0.25, 0.3) is 11.8 Å². The zero-order valence-corrected chi connectivity index (χ0v) is 19.8. The molecule has 0 aliphatic carbocycles. The molecule has 2 saturated heterocycles. The van der Waals surface area contributed by atoms with Crippen LogP contribution in [0.2, 0.25) is 0 Å². The summed E-state index contributed by atoms with van der Waals surface area (Å²) in [5.74, 6) is 0.391. The van der Waals surface area contributed by atoms with E-state index in [4.69, 9.17) is 0 Å². The maximum Gasteiger partial charge on any atom is 0.272 e. The summed E-state index contributed by atoms with van der Waals surface area (Å²) in [5, 5.41) is 0. The number of carbonyl (C=O) groups excluding carboxylic acids is 2. The molecule has 7 nitrogen and oxygen atoms in total. The van der Waals surface area contributed by atoms with E-state index in [-0.39, 0.29) is 11.8 Å². The Morgan fingerprint density at radius 2 is 1.55 bits per heavy atom. The molecule has 2 fully saturated rings. The number of rotatable bonds is 6. The third-order valence-electron chi connectivity index (χ3n) is 7.20. The molecule has 2 aromatic heterocycles. The highest BCUT2D eigenvalue weighted by Crippen LogP contribution is 2.27. The van der Waals surface area contributed by atoms with Crippen LogP contribution in [0.25, 0.3) is 0 Å². The number of carbonyl (C=O) groups is 2. The molecular weight excluding hydrogens is 414 g/mol. The van der Waals surface area contributed by atoms with Crippen LogP contribution in [-0.4, -0.2) is 81.8 Å². The van der Waals surface area contributed by atoms with Gasteiger partial charge in [0.05, 0.1) is 5.56 Å². The fraction of sp³-hybridized carbons (Fsp3) is 0.538. The van der Waals surface area contributed by atoms with E-state index in [0.717, 1.165) is 57.6 Å². The lowest BCUT2D eigenvalue weighted by Gasteiger charge is -2.37. The van der Waals surface area contributed by atoms with Gasteiger partial charge in [0, 0.05) is 56.2 Å². The van der Waals surface area contributed by atoms with Crippen molar-refractivity contribution in [1.29, 1.82) is 0 Å². The maximum atomic E-state index is 13.0. The summed E-state index contributed by atoms with van der Waals surface area (Å²) >= 11 is 0. The Morgan fingerprint density at radius 1 is 0.879 bits per heavy atom. The van der Waals surface area contributed by atoms with Crippen LogP contribution in [0.5, 0.6) is 0 Å². The summed E-state index contributed by atoms with van der Waals surface area (Å²) in [7, 11) is 0. The number of amides is 2. The SMILES string of the molecule is CCN(CC)C1CCN(C(=O)c2ccc(C3CCN(C(=O)c4ccccn4)CC3)nc2)CC1. The van der Waals surface area contributed by atoms with Gasteiger partial charge in [-0.2, -0.15) is 0 Å². The first-order valence-corrected chi connectivity index (χ1v) is 12.3. The van der Waals surface area contributed by atoms with E-state index in [0.29, 0.717) is 36.3 Å². The van der Waals surface area contributed by atoms with E-state index < -0.39 is 0 Å². The summed E-state index contributed by atoms with van der Waals surface area (Å²) in [6, 6.07) is 9.92. The van der Waals surface area contributed by atoms with E-state index in [9.17, 15) is 9.59 Å². The molecule has 0 bridgehead atoms. The quantitative estimate of drug-likeness (QED) is 0.676. The summed E-state index contributed by atoms with van der Waals surface area (Å²) < 4.78 is 0. The number of aromatic nitrogens is 2. The largest absolute Gasteiger partial charge is 0.338 e. The molecule has 2 aromatic rings. The number of hydrogen-bond acceptors (Lipinski definition) is 5. The normalized spacial score (nSPS) is 18.0. The minimum Gasteiger partial charge on any atom is -0.338 e. The summed E-state index contributed by atoms with van der Waals surface area (Å²) in [4.78, 5) is 40.7. The molecule has 0 N–H and O–H groups in total. The Morgan fingerprint density at radius 3 is 2.12 bits per heavy atom. The number of piperidine rings is 2. The van der Waals surface area contributed by atoms with E-state index in [2.05, 4.69) is 28.7 Å². The lowest BCUT2D eigenvalue weighted by molar-refractivity contribution is 0.0630. The summed E-state index contributed by atoms with van der Waals surface area (Å²) in [5.41, 5.74) is 2.18. The predicted molar refractivity (Wildman–Crippen MR) is 128 cm³/mol. The van der Waals surface area contributed by atoms with Gasteiger partial charge in [0.15, 0.2) is 0 Å². The first-order valence-electron chi connectivity index (χ1n) is 12.3. The molecule has 2 aliphatic rings. The van der Waals surface area contributed by atoms with Crippen molar-refractivity contribution in [3.63, 3.8) is 0 Å². The van der Waals surface area contributed by atoms with Crippen molar-refractivity contribution in [3.8, 4) is 0 Å². The highest BCUT2D eigenvalue weighted by molar-refractivity contribution is 5.94. The Hall–Kier alpha value is -2.80. The van der Waals surface area contributed by atoms with Crippen molar-refractivity contribution in [2.75, 3.05) is 39.3 Å². The van der Waals surface area contributed by atoms with Crippen LogP contribution < -0.4 is 0 Å². The number of nitrogens with zero attached hydrogens (tertiary/aromatic N) is 5. The van der Waals surface area contributed by atoms with Crippen molar-refractivity contribution < 1.29 is 9.59 Å². The van der Waals surface area contributed by atoms with E-state index >= 15 is 0 Å². The fourth-order valence-corrected chi connectivity index (χ4v) is 5.16. The van der Waals surface area contributed by atoms with Crippen molar-refractivity contribution >= 4 is 11.8 Å². The highest BCUT2D eigenvalue weighted by atomic mass is 16.2. The first kappa shape index (κ1) is 23.4. The number of pyridine rings is 2. The number of hydrogen-bond donors (Lipinski definition) is 0. The maximum absolute atomic E-state index is 13.0. The van der Waals surface area contributed by atoms with Gasteiger partial charge in [0.2, 0.25) is 0 Å². The summed E-state index contributed by atoms with van der Waals surface area (Å²) in [6.07, 6.45) is 7.21. The second kappa shape index (κ2) is 10.9. The highest BCUT2D eigenvalue weighted by Gasteiger charge is 2.28. The van der Waals surface area contributed by atoms with Gasteiger partial charge in [-0.3, -0.25) is 19.6 Å².